The SMILES string of the molecule is CC(C)(C(=O)Nc1nncs1)C(c1ccccc1)c1ccc2c(cnn2-c2ccc(F)cc2C(=O)O)c1. The molecule has 0 bridgehead atoms. The number of aromatic nitrogens is 4. The molecule has 10 heteroatoms. The molecule has 3 aromatic carbocycles. The summed E-state index contributed by atoms with van der Waals surface area (Å²) in [4.78, 5) is 25.2. The largest absolute Gasteiger partial charge is 0.478 e. The summed E-state index contributed by atoms with van der Waals surface area (Å²) in [6.45, 7) is 3.76. The van der Waals surface area contributed by atoms with E-state index in [-0.39, 0.29) is 23.1 Å². The van der Waals surface area contributed by atoms with Gasteiger partial charge in [-0.3, -0.25) is 4.79 Å². The molecule has 0 saturated carbocycles. The van der Waals surface area contributed by atoms with Gasteiger partial charge in [0.05, 0.1) is 28.4 Å². The Morgan fingerprint density at radius 3 is 2.54 bits per heavy atom. The first-order valence-electron chi connectivity index (χ1n) is 11.4. The summed E-state index contributed by atoms with van der Waals surface area (Å²) in [5.74, 6) is -2.41. The van der Waals surface area contributed by atoms with E-state index in [0.29, 0.717) is 10.6 Å². The van der Waals surface area contributed by atoms with Crippen molar-refractivity contribution in [2.75, 3.05) is 5.32 Å². The molecule has 1 unspecified atom stereocenters. The zero-order valence-corrected chi connectivity index (χ0v) is 20.7. The number of rotatable bonds is 7. The number of nitrogens with one attached hydrogen (secondary N) is 1. The van der Waals surface area contributed by atoms with Crippen LogP contribution in [0.4, 0.5) is 9.52 Å². The maximum atomic E-state index is 13.7. The van der Waals surface area contributed by atoms with Crippen molar-refractivity contribution >= 4 is 39.2 Å². The number of halogens is 1. The van der Waals surface area contributed by atoms with Crippen LogP contribution in [-0.2, 0) is 4.79 Å². The van der Waals surface area contributed by atoms with Gasteiger partial charge < -0.3 is 10.4 Å². The quantitative estimate of drug-likeness (QED) is 0.296. The van der Waals surface area contributed by atoms with Gasteiger partial charge in [0.15, 0.2) is 0 Å². The Kier molecular flexibility index (Phi) is 6.26. The summed E-state index contributed by atoms with van der Waals surface area (Å²) in [6.07, 6.45) is 1.63. The summed E-state index contributed by atoms with van der Waals surface area (Å²) in [5.41, 5.74) is 3.23. The molecule has 0 saturated heterocycles. The Labute approximate surface area is 215 Å². The van der Waals surface area contributed by atoms with E-state index in [4.69, 9.17) is 0 Å². The fourth-order valence-corrected chi connectivity index (χ4v) is 5.02. The van der Waals surface area contributed by atoms with Gasteiger partial charge in [0.1, 0.15) is 11.3 Å². The molecule has 0 radical (unpaired) electrons. The number of carboxylic acids is 1. The molecule has 2 N–H and O–H groups in total. The van der Waals surface area contributed by atoms with Gasteiger partial charge in [-0.25, -0.2) is 13.9 Å². The van der Waals surface area contributed by atoms with Crippen LogP contribution in [-0.4, -0.2) is 37.0 Å². The summed E-state index contributed by atoms with van der Waals surface area (Å²) < 4.78 is 15.2. The lowest BCUT2D eigenvalue weighted by molar-refractivity contribution is -0.124. The zero-order valence-electron chi connectivity index (χ0n) is 19.9. The molecule has 5 rings (SSSR count). The number of aromatic carboxylic acids is 1. The molecule has 1 atom stereocenters. The molecule has 2 aromatic heterocycles. The monoisotopic (exact) mass is 515 g/mol. The number of fused-ring (bicyclic) bond motifs is 1. The van der Waals surface area contributed by atoms with Gasteiger partial charge in [-0.15, -0.1) is 10.2 Å². The van der Waals surface area contributed by atoms with E-state index in [2.05, 4.69) is 20.6 Å². The maximum absolute atomic E-state index is 13.7. The average molecular weight is 516 g/mol. The molecule has 186 valence electrons. The molecule has 1 amide bonds. The second kappa shape index (κ2) is 9.55. The topological polar surface area (TPSA) is 110 Å². The number of carbonyl (C=O) groups excluding carboxylic acids is 1. The molecule has 2 heterocycles. The molecule has 8 nitrogen and oxygen atoms in total. The highest BCUT2D eigenvalue weighted by molar-refractivity contribution is 7.13. The van der Waals surface area contributed by atoms with Gasteiger partial charge in [0.25, 0.3) is 0 Å². The molecule has 0 fully saturated rings. The van der Waals surface area contributed by atoms with Crippen LogP contribution in [0.5, 0.6) is 0 Å². The Morgan fingerprint density at radius 2 is 1.84 bits per heavy atom. The maximum Gasteiger partial charge on any atom is 0.338 e. The average Bonchev–Trinajstić information content (AvgIpc) is 3.54. The Morgan fingerprint density at radius 1 is 1.05 bits per heavy atom. The van der Waals surface area contributed by atoms with Crippen LogP contribution in [0.3, 0.4) is 0 Å². The lowest BCUT2D eigenvalue weighted by atomic mass is 9.70. The van der Waals surface area contributed by atoms with Crippen molar-refractivity contribution in [2.45, 2.75) is 19.8 Å². The zero-order chi connectivity index (χ0) is 26.2. The molecule has 37 heavy (non-hydrogen) atoms. The minimum atomic E-state index is -1.25. The highest BCUT2D eigenvalue weighted by atomic mass is 32.1. The molecule has 0 aliphatic carbocycles. The van der Waals surface area contributed by atoms with E-state index in [1.54, 1.807) is 11.7 Å². The number of hydrogen-bond donors (Lipinski definition) is 2. The Balaban J connectivity index is 1.59. The predicted octanol–water partition coefficient (Wildman–Crippen LogP) is 5.51. The van der Waals surface area contributed by atoms with Crippen LogP contribution in [0.2, 0.25) is 0 Å². The highest BCUT2D eigenvalue weighted by Crippen LogP contribution is 2.42. The van der Waals surface area contributed by atoms with E-state index in [1.165, 1.54) is 28.2 Å². The van der Waals surface area contributed by atoms with Gasteiger partial charge in [0.2, 0.25) is 11.0 Å². The third-order valence-electron chi connectivity index (χ3n) is 6.36. The van der Waals surface area contributed by atoms with Crippen molar-refractivity contribution < 1.29 is 19.1 Å². The van der Waals surface area contributed by atoms with Crippen LogP contribution in [0.25, 0.3) is 16.6 Å². The highest BCUT2D eigenvalue weighted by Gasteiger charge is 2.39. The molecular weight excluding hydrogens is 493 g/mol. The molecule has 0 spiro atoms. The number of carboxylic acid groups (broad SMARTS) is 1. The van der Waals surface area contributed by atoms with Crippen molar-refractivity contribution in [1.29, 1.82) is 0 Å². The van der Waals surface area contributed by atoms with Crippen LogP contribution < -0.4 is 5.32 Å². The fraction of sp³-hybridized carbons (Fsp3) is 0.148. The summed E-state index contributed by atoms with van der Waals surface area (Å²) >= 11 is 1.25. The standard InChI is InChI=1S/C27H22FN5O3S/c1-27(2,25(36)31-26-32-29-15-37-26)23(16-6-4-3-5-7-16)17-8-10-21-18(12-17)14-30-33(21)22-11-9-19(28)13-20(22)24(34)35/h3-15,23H,1-2H3,(H,34,35)(H,31,32,36). The number of anilines is 1. The predicted molar refractivity (Wildman–Crippen MR) is 139 cm³/mol. The van der Waals surface area contributed by atoms with E-state index < -0.39 is 17.2 Å². The number of amides is 1. The van der Waals surface area contributed by atoms with Crippen LogP contribution in [0, 0.1) is 11.2 Å². The normalized spacial score (nSPS) is 12.4. The lowest BCUT2D eigenvalue weighted by Crippen LogP contribution is -2.37. The number of hydrogen-bond acceptors (Lipinski definition) is 6. The van der Waals surface area contributed by atoms with Gasteiger partial charge in [-0.1, -0.05) is 61.6 Å². The van der Waals surface area contributed by atoms with Crippen molar-refractivity contribution in [3.8, 4) is 5.69 Å². The van der Waals surface area contributed by atoms with E-state index >= 15 is 0 Å². The number of nitrogens with zero attached hydrogens (tertiary/aromatic N) is 4. The molecule has 0 aliphatic heterocycles. The summed E-state index contributed by atoms with van der Waals surface area (Å²) in [6, 6.07) is 19.0. The lowest BCUT2D eigenvalue weighted by Gasteiger charge is -2.33. The van der Waals surface area contributed by atoms with Crippen LogP contribution in [0.1, 0.15) is 41.3 Å². The smallest absolute Gasteiger partial charge is 0.338 e. The van der Waals surface area contributed by atoms with Gasteiger partial charge >= 0.3 is 5.97 Å². The third kappa shape index (κ3) is 4.58. The van der Waals surface area contributed by atoms with Crippen LogP contribution in [0.15, 0.2) is 78.4 Å². The minimum absolute atomic E-state index is 0.189. The van der Waals surface area contributed by atoms with Crippen LogP contribution >= 0.6 is 11.3 Å². The summed E-state index contributed by atoms with van der Waals surface area (Å²) in [5, 5.41) is 25.7. The first-order chi connectivity index (χ1) is 17.8. The van der Waals surface area contributed by atoms with E-state index in [1.807, 2.05) is 62.4 Å². The van der Waals surface area contributed by atoms with Crippen molar-refractivity contribution in [3.63, 3.8) is 0 Å². The number of carbonyl (C=O) groups is 2. The number of benzene rings is 3. The summed E-state index contributed by atoms with van der Waals surface area (Å²) in [7, 11) is 0. The molecular formula is C27H22FN5O3S. The Bertz CT molecular complexity index is 1600. The van der Waals surface area contributed by atoms with Gasteiger partial charge in [0, 0.05) is 11.3 Å². The van der Waals surface area contributed by atoms with Crippen molar-refractivity contribution in [1.82, 2.24) is 20.0 Å². The fourth-order valence-electron chi connectivity index (χ4n) is 4.58. The second-order valence-corrected chi connectivity index (χ2v) is 9.94. The Hall–Kier alpha value is -4.44. The third-order valence-corrected chi connectivity index (χ3v) is 6.97. The van der Waals surface area contributed by atoms with E-state index in [9.17, 15) is 19.1 Å². The van der Waals surface area contributed by atoms with Gasteiger partial charge in [-0.2, -0.15) is 5.10 Å². The first-order valence-corrected chi connectivity index (χ1v) is 12.3. The first kappa shape index (κ1) is 24.3. The minimum Gasteiger partial charge on any atom is -0.478 e. The molecule has 0 aliphatic rings. The van der Waals surface area contributed by atoms with E-state index in [0.717, 1.165) is 22.6 Å². The second-order valence-electron chi connectivity index (χ2n) is 9.10. The van der Waals surface area contributed by atoms with Crippen molar-refractivity contribution in [3.05, 3.63) is 101 Å². The van der Waals surface area contributed by atoms with Gasteiger partial charge in [-0.05, 0) is 41.5 Å². The molecule has 5 aromatic rings. The van der Waals surface area contributed by atoms with Crippen molar-refractivity contribution in [2.24, 2.45) is 5.41 Å².